The smallest absolute Gasteiger partial charge is 0.191 e. The molecule has 0 radical (unpaired) electrons. The average Bonchev–Trinajstić information content (AvgIpc) is 2.56. The van der Waals surface area contributed by atoms with Crippen LogP contribution in [0.5, 0.6) is 0 Å². The Labute approximate surface area is 159 Å². The van der Waals surface area contributed by atoms with Gasteiger partial charge in [-0.15, -0.1) is 24.0 Å². The number of guanidine groups is 1. The molecule has 0 bridgehead atoms. The topological polar surface area (TPSA) is 45.7 Å². The lowest BCUT2D eigenvalue weighted by molar-refractivity contribution is 0.0783. The molecule has 0 unspecified atom stereocenters. The molecule has 130 valence electrons. The van der Waals surface area contributed by atoms with Crippen molar-refractivity contribution in [1.82, 2.24) is 10.6 Å². The van der Waals surface area contributed by atoms with Gasteiger partial charge in [-0.2, -0.15) is 11.8 Å². The maximum Gasteiger partial charge on any atom is 0.191 e. The van der Waals surface area contributed by atoms with Crippen molar-refractivity contribution >= 4 is 41.7 Å². The molecule has 0 aliphatic carbocycles. The zero-order valence-electron chi connectivity index (χ0n) is 13.6. The van der Waals surface area contributed by atoms with Gasteiger partial charge in [0, 0.05) is 38.1 Å². The number of halogens is 2. The summed E-state index contributed by atoms with van der Waals surface area (Å²) in [5.74, 6) is 0.523. The number of hydrogen-bond donors (Lipinski definition) is 2. The van der Waals surface area contributed by atoms with Crippen LogP contribution in [-0.4, -0.2) is 43.8 Å². The first-order valence-electron chi connectivity index (χ1n) is 7.49. The number of hydrogen-bond acceptors (Lipinski definition) is 3. The summed E-state index contributed by atoms with van der Waals surface area (Å²) in [7, 11) is 1.75. The summed E-state index contributed by atoms with van der Waals surface area (Å²) >= 11 is 1.89. The molecule has 0 spiro atoms. The Hall–Kier alpha value is -0.540. The third kappa shape index (κ3) is 6.46. The van der Waals surface area contributed by atoms with Gasteiger partial charge in [-0.3, -0.25) is 4.99 Å². The predicted molar refractivity (Wildman–Crippen MR) is 106 cm³/mol. The number of aliphatic imine (C=N–C) groups is 1. The zero-order valence-corrected chi connectivity index (χ0v) is 16.7. The van der Waals surface area contributed by atoms with Crippen LogP contribution < -0.4 is 10.6 Å². The first-order chi connectivity index (χ1) is 10.7. The van der Waals surface area contributed by atoms with Crippen molar-refractivity contribution in [2.24, 2.45) is 4.99 Å². The van der Waals surface area contributed by atoms with Crippen LogP contribution in [0.4, 0.5) is 4.39 Å². The highest BCUT2D eigenvalue weighted by Crippen LogP contribution is 2.32. The predicted octanol–water partition coefficient (Wildman–Crippen LogP) is 3.02. The Morgan fingerprint density at radius 3 is 2.70 bits per heavy atom. The molecule has 1 aliphatic rings. The van der Waals surface area contributed by atoms with Crippen LogP contribution in [0.3, 0.4) is 0 Å². The first-order valence-corrected chi connectivity index (χ1v) is 8.72. The van der Waals surface area contributed by atoms with Gasteiger partial charge in [-0.1, -0.05) is 12.1 Å². The van der Waals surface area contributed by atoms with E-state index in [0.29, 0.717) is 6.54 Å². The van der Waals surface area contributed by atoms with Crippen molar-refractivity contribution in [2.45, 2.75) is 24.1 Å². The van der Waals surface area contributed by atoms with E-state index < -0.39 is 0 Å². The molecule has 7 heteroatoms. The summed E-state index contributed by atoms with van der Waals surface area (Å²) in [6.07, 6.45) is 4.24. The second-order valence-corrected chi connectivity index (χ2v) is 6.68. The standard InChI is InChI=1S/C16H24FN3OS.HI/c1-18-15(19-11-13-4-3-5-14(17)10-13)20-12-16(22-2)6-8-21-9-7-16;/h3-5,10H,6-9,11-12H2,1-2H3,(H2,18,19,20);1H. The number of ether oxygens (including phenoxy) is 1. The molecule has 2 rings (SSSR count). The quantitative estimate of drug-likeness (QED) is 0.409. The van der Waals surface area contributed by atoms with Gasteiger partial charge in [-0.05, 0) is 36.8 Å². The van der Waals surface area contributed by atoms with Gasteiger partial charge in [0.05, 0.1) is 0 Å². The Morgan fingerprint density at radius 1 is 1.35 bits per heavy atom. The van der Waals surface area contributed by atoms with Crippen molar-refractivity contribution in [3.8, 4) is 0 Å². The minimum atomic E-state index is -0.217. The second kappa shape index (κ2) is 10.4. The van der Waals surface area contributed by atoms with Gasteiger partial charge >= 0.3 is 0 Å². The van der Waals surface area contributed by atoms with Crippen LogP contribution in [0.1, 0.15) is 18.4 Å². The molecule has 1 aromatic carbocycles. The van der Waals surface area contributed by atoms with E-state index in [1.807, 2.05) is 17.8 Å². The summed E-state index contributed by atoms with van der Waals surface area (Å²) in [4.78, 5) is 4.24. The Bertz CT molecular complexity index is 510. The maximum atomic E-state index is 13.2. The summed E-state index contributed by atoms with van der Waals surface area (Å²) in [6, 6.07) is 6.59. The maximum absolute atomic E-state index is 13.2. The SMILES string of the molecule is CN=C(NCc1cccc(F)c1)NCC1(SC)CCOCC1.I. The largest absolute Gasteiger partial charge is 0.381 e. The van der Waals surface area contributed by atoms with E-state index in [4.69, 9.17) is 4.74 Å². The van der Waals surface area contributed by atoms with Crippen LogP contribution in [0.15, 0.2) is 29.3 Å². The van der Waals surface area contributed by atoms with E-state index in [-0.39, 0.29) is 34.5 Å². The van der Waals surface area contributed by atoms with Crippen molar-refractivity contribution in [1.29, 1.82) is 0 Å². The number of rotatable bonds is 5. The Kier molecular flexibility index (Phi) is 9.23. The highest BCUT2D eigenvalue weighted by atomic mass is 127. The normalized spacial score (nSPS) is 17.3. The molecule has 0 amide bonds. The molecule has 1 saturated heterocycles. The molecule has 1 fully saturated rings. The Morgan fingerprint density at radius 2 is 2.09 bits per heavy atom. The molecule has 1 heterocycles. The lowest BCUT2D eigenvalue weighted by atomic mass is 9.99. The fraction of sp³-hybridized carbons (Fsp3) is 0.562. The van der Waals surface area contributed by atoms with Crippen LogP contribution in [-0.2, 0) is 11.3 Å². The second-order valence-electron chi connectivity index (χ2n) is 5.41. The minimum Gasteiger partial charge on any atom is -0.381 e. The summed E-state index contributed by atoms with van der Waals surface area (Å²) < 4.78 is 18.8. The van der Waals surface area contributed by atoms with Gasteiger partial charge in [0.15, 0.2) is 5.96 Å². The number of nitrogens with one attached hydrogen (secondary N) is 2. The molecule has 1 aliphatic heterocycles. The average molecular weight is 453 g/mol. The van der Waals surface area contributed by atoms with Crippen LogP contribution in [0.2, 0.25) is 0 Å². The van der Waals surface area contributed by atoms with Gasteiger partial charge in [-0.25, -0.2) is 4.39 Å². The first kappa shape index (κ1) is 20.5. The van der Waals surface area contributed by atoms with Gasteiger partial charge in [0.1, 0.15) is 5.82 Å². The monoisotopic (exact) mass is 453 g/mol. The van der Waals surface area contributed by atoms with Crippen molar-refractivity contribution in [3.05, 3.63) is 35.6 Å². The van der Waals surface area contributed by atoms with E-state index >= 15 is 0 Å². The number of thioether (sulfide) groups is 1. The van der Waals surface area contributed by atoms with E-state index in [2.05, 4.69) is 21.9 Å². The van der Waals surface area contributed by atoms with Crippen LogP contribution in [0, 0.1) is 5.82 Å². The summed E-state index contributed by atoms with van der Waals surface area (Å²) in [5, 5.41) is 6.61. The molecule has 4 nitrogen and oxygen atoms in total. The van der Waals surface area contributed by atoms with Gasteiger partial charge in [0.2, 0.25) is 0 Å². The van der Waals surface area contributed by atoms with E-state index in [9.17, 15) is 4.39 Å². The molecule has 0 aromatic heterocycles. The molecule has 0 saturated carbocycles. The van der Waals surface area contributed by atoms with E-state index in [1.165, 1.54) is 12.1 Å². The van der Waals surface area contributed by atoms with Crippen molar-refractivity contribution < 1.29 is 9.13 Å². The highest BCUT2D eigenvalue weighted by Gasteiger charge is 2.31. The van der Waals surface area contributed by atoms with Crippen LogP contribution in [0.25, 0.3) is 0 Å². The van der Waals surface area contributed by atoms with Gasteiger partial charge < -0.3 is 15.4 Å². The highest BCUT2D eigenvalue weighted by molar-refractivity contribution is 14.0. The molecule has 0 atom stereocenters. The van der Waals surface area contributed by atoms with Crippen molar-refractivity contribution in [2.75, 3.05) is 33.1 Å². The molecule has 23 heavy (non-hydrogen) atoms. The fourth-order valence-electron chi connectivity index (χ4n) is 2.49. The van der Waals surface area contributed by atoms with E-state index in [0.717, 1.165) is 44.1 Å². The minimum absolute atomic E-state index is 0. The third-order valence-electron chi connectivity index (χ3n) is 3.99. The number of benzene rings is 1. The Balaban J connectivity index is 0.00000264. The van der Waals surface area contributed by atoms with Crippen LogP contribution >= 0.6 is 35.7 Å². The molecular weight excluding hydrogens is 428 g/mol. The van der Waals surface area contributed by atoms with E-state index in [1.54, 1.807) is 13.1 Å². The summed E-state index contributed by atoms with van der Waals surface area (Å²) in [6.45, 7) is 3.03. The lowest BCUT2D eigenvalue weighted by Crippen LogP contribution is -2.47. The molecule has 2 N–H and O–H groups in total. The zero-order chi connectivity index (χ0) is 15.8. The third-order valence-corrected chi connectivity index (χ3v) is 5.41. The van der Waals surface area contributed by atoms with Gasteiger partial charge in [0.25, 0.3) is 0 Å². The number of nitrogens with zero attached hydrogens (tertiary/aromatic N) is 1. The van der Waals surface area contributed by atoms with Crippen molar-refractivity contribution in [3.63, 3.8) is 0 Å². The fourth-order valence-corrected chi connectivity index (χ4v) is 3.29. The molecular formula is C16H25FIN3OS. The summed E-state index contributed by atoms with van der Waals surface area (Å²) in [5.41, 5.74) is 0.897. The molecule has 1 aromatic rings. The lowest BCUT2D eigenvalue weighted by Gasteiger charge is -2.36.